The zero-order valence-corrected chi connectivity index (χ0v) is 17.7. The summed E-state index contributed by atoms with van der Waals surface area (Å²) >= 11 is 5.04. The summed E-state index contributed by atoms with van der Waals surface area (Å²) in [6.07, 6.45) is 1.48. The number of nitrogens with one attached hydrogen (secondary N) is 1. The van der Waals surface area contributed by atoms with E-state index < -0.39 is 16.7 Å². The first kappa shape index (κ1) is 21.2. The van der Waals surface area contributed by atoms with Crippen molar-refractivity contribution in [2.45, 2.75) is 20.8 Å². The Morgan fingerprint density at radius 1 is 1.27 bits per heavy atom. The number of nitrogens with zero attached hydrogens (tertiary/aromatic N) is 3. The minimum atomic E-state index is -0.574. The van der Waals surface area contributed by atoms with Gasteiger partial charge in [0, 0.05) is 17.9 Å². The molecule has 0 atom stereocenters. The second-order valence-corrected chi connectivity index (χ2v) is 7.03. The summed E-state index contributed by atoms with van der Waals surface area (Å²) in [7, 11) is 1.44. The third-order valence-corrected chi connectivity index (χ3v) is 5.21. The number of ether oxygens (including phenoxy) is 1. The standard InChI is InChI=1S/C20H20N4O5S/c1-5-22-19(26)15(18(25)21-20(22)30)9-13-8-11(2)23(12(13)3)16-7-6-14(29-4)10-17(16)24(27)28/h6-10H,5H2,1-4H3,(H,21,25,30)/b15-9+. The predicted molar refractivity (Wildman–Crippen MR) is 115 cm³/mol. The molecule has 10 heteroatoms. The van der Waals surface area contributed by atoms with E-state index in [1.165, 1.54) is 24.2 Å². The Morgan fingerprint density at radius 3 is 2.57 bits per heavy atom. The highest BCUT2D eigenvalue weighted by Crippen LogP contribution is 2.32. The van der Waals surface area contributed by atoms with Crippen molar-refractivity contribution in [3.8, 4) is 11.4 Å². The van der Waals surface area contributed by atoms with Crippen LogP contribution in [0.2, 0.25) is 0 Å². The first-order valence-electron chi connectivity index (χ1n) is 9.10. The predicted octanol–water partition coefficient (Wildman–Crippen LogP) is 2.66. The van der Waals surface area contributed by atoms with Gasteiger partial charge in [0.25, 0.3) is 17.5 Å². The van der Waals surface area contributed by atoms with Crippen molar-refractivity contribution in [3.63, 3.8) is 0 Å². The number of thiocarbonyl (C=S) groups is 1. The van der Waals surface area contributed by atoms with E-state index in [1.807, 2.05) is 0 Å². The quantitative estimate of drug-likeness (QED) is 0.258. The molecule has 2 amide bonds. The molecule has 156 valence electrons. The van der Waals surface area contributed by atoms with Crippen LogP contribution in [0.5, 0.6) is 5.75 Å². The van der Waals surface area contributed by atoms with Gasteiger partial charge in [-0.25, -0.2) is 0 Å². The number of hydrogen-bond acceptors (Lipinski definition) is 6. The average Bonchev–Trinajstić information content (AvgIpc) is 2.97. The highest BCUT2D eigenvalue weighted by molar-refractivity contribution is 7.80. The number of amides is 2. The molecule has 1 aromatic heterocycles. The lowest BCUT2D eigenvalue weighted by Gasteiger charge is -2.27. The van der Waals surface area contributed by atoms with Crippen LogP contribution in [-0.2, 0) is 9.59 Å². The number of rotatable bonds is 5. The van der Waals surface area contributed by atoms with Crippen LogP contribution < -0.4 is 10.1 Å². The Balaban J connectivity index is 2.13. The van der Waals surface area contributed by atoms with E-state index in [9.17, 15) is 19.7 Å². The smallest absolute Gasteiger partial charge is 0.296 e. The summed E-state index contributed by atoms with van der Waals surface area (Å²) < 4.78 is 6.80. The van der Waals surface area contributed by atoms with Crippen LogP contribution in [0.1, 0.15) is 23.9 Å². The van der Waals surface area contributed by atoms with Crippen LogP contribution in [-0.4, -0.2) is 45.0 Å². The molecule has 1 aliphatic heterocycles. The number of methoxy groups -OCH3 is 1. The number of aryl methyl sites for hydroxylation is 1. The molecular weight excluding hydrogens is 408 g/mol. The van der Waals surface area contributed by atoms with Crippen molar-refractivity contribution in [3.05, 3.63) is 56.9 Å². The third-order valence-electron chi connectivity index (χ3n) is 4.89. The molecule has 2 heterocycles. The minimum Gasteiger partial charge on any atom is -0.496 e. The maximum Gasteiger partial charge on any atom is 0.296 e. The second-order valence-electron chi connectivity index (χ2n) is 6.64. The number of benzene rings is 1. The maximum absolute atomic E-state index is 12.7. The summed E-state index contributed by atoms with van der Waals surface area (Å²) in [5, 5.41) is 14.2. The summed E-state index contributed by atoms with van der Waals surface area (Å²) in [6, 6.07) is 6.35. The molecule has 1 aromatic carbocycles. The summed E-state index contributed by atoms with van der Waals surface area (Å²) in [5.74, 6) is -0.684. The number of nitro benzene ring substituents is 1. The molecule has 1 saturated heterocycles. The van der Waals surface area contributed by atoms with Crippen molar-refractivity contribution in [2.24, 2.45) is 0 Å². The molecule has 3 rings (SSSR count). The molecule has 0 aliphatic carbocycles. The van der Waals surface area contributed by atoms with Gasteiger partial charge in [0.1, 0.15) is 17.0 Å². The van der Waals surface area contributed by atoms with Gasteiger partial charge in [-0.05, 0) is 62.8 Å². The fraction of sp³-hybridized carbons (Fsp3) is 0.250. The van der Waals surface area contributed by atoms with Crippen molar-refractivity contribution >= 4 is 40.9 Å². The van der Waals surface area contributed by atoms with Gasteiger partial charge in [0.2, 0.25) is 0 Å². The molecule has 1 N–H and O–H groups in total. The SMILES string of the molecule is CCN1C(=O)/C(=C/c2cc(C)n(-c3ccc(OC)cc3[N+](=O)[O-])c2C)C(=O)NC1=S. The topological polar surface area (TPSA) is 107 Å². The molecule has 0 radical (unpaired) electrons. The number of nitro groups is 1. The molecule has 1 aliphatic rings. The largest absolute Gasteiger partial charge is 0.496 e. The number of hydrogen-bond donors (Lipinski definition) is 1. The molecule has 9 nitrogen and oxygen atoms in total. The Hall–Kier alpha value is -3.53. The third kappa shape index (κ3) is 3.57. The minimum absolute atomic E-state index is 0.0464. The summed E-state index contributed by atoms with van der Waals surface area (Å²) in [5.41, 5.74) is 2.14. The fourth-order valence-electron chi connectivity index (χ4n) is 3.41. The van der Waals surface area contributed by atoms with Gasteiger partial charge in [0.05, 0.1) is 18.1 Å². The van der Waals surface area contributed by atoms with E-state index in [2.05, 4.69) is 5.32 Å². The monoisotopic (exact) mass is 428 g/mol. The average molecular weight is 428 g/mol. The molecule has 2 aromatic rings. The van der Waals surface area contributed by atoms with Crippen molar-refractivity contribution in [2.75, 3.05) is 13.7 Å². The van der Waals surface area contributed by atoms with Crippen molar-refractivity contribution < 1.29 is 19.2 Å². The van der Waals surface area contributed by atoms with E-state index in [0.29, 0.717) is 34.9 Å². The number of carbonyl (C=O) groups excluding carboxylic acids is 2. The summed E-state index contributed by atoms with van der Waals surface area (Å²) in [6.45, 7) is 5.64. The van der Waals surface area contributed by atoms with E-state index in [-0.39, 0.29) is 16.4 Å². The highest BCUT2D eigenvalue weighted by atomic mass is 32.1. The molecular formula is C20H20N4O5S. The van der Waals surface area contributed by atoms with Crippen LogP contribution in [0.4, 0.5) is 5.69 Å². The van der Waals surface area contributed by atoms with Gasteiger partial charge in [-0.1, -0.05) is 0 Å². The van der Waals surface area contributed by atoms with Crippen molar-refractivity contribution in [1.29, 1.82) is 0 Å². The van der Waals surface area contributed by atoms with Crippen LogP contribution in [0, 0.1) is 24.0 Å². The van der Waals surface area contributed by atoms with Gasteiger partial charge in [-0.3, -0.25) is 29.9 Å². The molecule has 0 bridgehead atoms. The molecule has 1 fully saturated rings. The number of aromatic nitrogens is 1. The first-order chi connectivity index (χ1) is 14.2. The maximum atomic E-state index is 12.7. The Morgan fingerprint density at radius 2 is 1.97 bits per heavy atom. The van der Waals surface area contributed by atoms with Gasteiger partial charge in [-0.2, -0.15) is 0 Å². The lowest BCUT2D eigenvalue weighted by Crippen LogP contribution is -2.53. The van der Waals surface area contributed by atoms with Crippen LogP contribution in [0.25, 0.3) is 11.8 Å². The normalized spacial score (nSPS) is 15.5. The molecule has 30 heavy (non-hydrogen) atoms. The first-order valence-corrected chi connectivity index (χ1v) is 9.51. The van der Waals surface area contributed by atoms with E-state index >= 15 is 0 Å². The van der Waals surface area contributed by atoms with Crippen molar-refractivity contribution in [1.82, 2.24) is 14.8 Å². The molecule has 0 unspecified atom stereocenters. The van der Waals surface area contributed by atoms with Crippen LogP contribution in [0.15, 0.2) is 29.8 Å². The van der Waals surface area contributed by atoms with E-state index in [0.717, 1.165) is 0 Å². The second kappa shape index (κ2) is 8.07. The van der Waals surface area contributed by atoms with Gasteiger partial charge in [-0.15, -0.1) is 0 Å². The van der Waals surface area contributed by atoms with E-state index in [1.54, 1.807) is 43.5 Å². The zero-order valence-electron chi connectivity index (χ0n) is 16.9. The van der Waals surface area contributed by atoms with Crippen LogP contribution in [0.3, 0.4) is 0 Å². The van der Waals surface area contributed by atoms with Gasteiger partial charge in [0.15, 0.2) is 5.11 Å². The van der Waals surface area contributed by atoms with Crippen LogP contribution >= 0.6 is 12.2 Å². The van der Waals surface area contributed by atoms with E-state index in [4.69, 9.17) is 17.0 Å². The summed E-state index contributed by atoms with van der Waals surface area (Å²) in [4.78, 5) is 37.4. The highest BCUT2D eigenvalue weighted by Gasteiger charge is 2.32. The number of likely N-dealkylation sites (N-methyl/N-ethyl adjacent to an activating group) is 1. The fourth-order valence-corrected chi connectivity index (χ4v) is 3.71. The van der Waals surface area contributed by atoms with Gasteiger partial charge >= 0.3 is 0 Å². The lowest BCUT2D eigenvalue weighted by molar-refractivity contribution is -0.384. The Kier molecular flexibility index (Phi) is 5.70. The Bertz CT molecular complexity index is 1120. The lowest BCUT2D eigenvalue weighted by atomic mass is 10.1. The Labute approximate surface area is 178 Å². The number of carbonyl (C=O) groups is 2. The molecule has 0 saturated carbocycles. The molecule has 0 spiro atoms. The zero-order chi connectivity index (χ0) is 22.2. The van der Waals surface area contributed by atoms with Gasteiger partial charge < -0.3 is 9.30 Å².